The lowest BCUT2D eigenvalue weighted by atomic mass is 10.2. The second-order valence-corrected chi connectivity index (χ2v) is 5.79. The van der Waals surface area contributed by atoms with Gasteiger partial charge in [0.05, 0.1) is 0 Å². The maximum absolute atomic E-state index is 2.55. The molecule has 2 rings (SSSR count). The Balaban J connectivity index is 1.80. The van der Waals surface area contributed by atoms with E-state index < -0.39 is 0 Å². The van der Waals surface area contributed by atoms with Crippen molar-refractivity contribution in [1.82, 2.24) is 4.90 Å². The number of rotatable bonds is 4. The van der Waals surface area contributed by atoms with Crippen molar-refractivity contribution < 1.29 is 0 Å². The number of alkyl halides is 1. The van der Waals surface area contributed by atoms with Gasteiger partial charge in [0.1, 0.15) is 0 Å². The molecule has 1 aliphatic carbocycles. The Morgan fingerprint density at radius 1 is 1.36 bits per heavy atom. The maximum Gasteiger partial charge on any atom is 0.0230 e. The molecular formula is C12H16IN. The molecule has 0 saturated heterocycles. The highest BCUT2D eigenvalue weighted by molar-refractivity contribution is 14.1. The van der Waals surface area contributed by atoms with Crippen LogP contribution in [0, 0.1) is 5.92 Å². The van der Waals surface area contributed by atoms with Crippen molar-refractivity contribution in [3.05, 3.63) is 35.9 Å². The molecule has 0 aliphatic heterocycles. The molecule has 0 N–H and O–H groups in total. The lowest BCUT2D eigenvalue weighted by molar-refractivity contribution is 0.314. The van der Waals surface area contributed by atoms with E-state index in [4.69, 9.17) is 0 Å². The summed E-state index contributed by atoms with van der Waals surface area (Å²) in [5, 5.41) is 0. The highest BCUT2D eigenvalue weighted by atomic mass is 127. The Bertz CT molecular complexity index is 286. The Morgan fingerprint density at radius 2 is 2.00 bits per heavy atom. The average molecular weight is 301 g/mol. The molecule has 0 heterocycles. The molecule has 2 atom stereocenters. The monoisotopic (exact) mass is 301 g/mol. The molecule has 0 radical (unpaired) electrons. The van der Waals surface area contributed by atoms with Crippen molar-refractivity contribution in [2.45, 2.75) is 16.9 Å². The minimum absolute atomic E-state index is 0.936. The molecule has 2 unspecified atom stereocenters. The van der Waals surface area contributed by atoms with Gasteiger partial charge in [0, 0.05) is 17.0 Å². The maximum atomic E-state index is 2.55. The summed E-state index contributed by atoms with van der Waals surface area (Å²) in [4.78, 5) is 2.43. The van der Waals surface area contributed by atoms with Crippen LogP contribution >= 0.6 is 22.6 Å². The van der Waals surface area contributed by atoms with Crippen molar-refractivity contribution in [2.24, 2.45) is 5.92 Å². The van der Waals surface area contributed by atoms with Gasteiger partial charge in [0.25, 0.3) is 0 Å². The Hall–Kier alpha value is -0.0900. The molecule has 1 aliphatic rings. The van der Waals surface area contributed by atoms with Gasteiger partial charge in [0.15, 0.2) is 0 Å². The molecule has 1 nitrogen and oxygen atoms in total. The SMILES string of the molecule is CN(Cc1ccccc1)CC1CC1I. The highest BCUT2D eigenvalue weighted by Crippen LogP contribution is 2.38. The van der Waals surface area contributed by atoms with E-state index >= 15 is 0 Å². The normalized spacial score (nSPS) is 25.4. The van der Waals surface area contributed by atoms with Crippen LogP contribution in [0.4, 0.5) is 0 Å². The first-order valence-corrected chi connectivity index (χ1v) is 6.37. The molecular weight excluding hydrogens is 285 g/mol. The first-order chi connectivity index (χ1) is 6.75. The fourth-order valence-corrected chi connectivity index (χ4v) is 2.64. The molecule has 0 aromatic heterocycles. The summed E-state index contributed by atoms with van der Waals surface area (Å²) in [7, 11) is 2.22. The van der Waals surface area contributed by atoms with Crippen LogP contribution in [0.2, 0.25) is 0 Å². The van der Waals surface area contributed by atoms with Gasteiger partial charge in [-0.1, -0.05) is 52.9 Å². The summed E-state index contributed by atoms with van der Waals surface area (Å²) in [6.07, 6.45) is 1.42. The minimum Gasteiger partial charge on any atom is -0.302 e. The Labute approximate surface area is 99.6 Å². The van der Waals surface area contributed by atoms with Gasteiger partial charge >= 0.3 is 0 Å². The van der Waals surface area contributed by atoms with E-state index in [1.807, 2.05) is 0 Å². The number of hydrogen-bond donors (Lipinski definition) is 0. The van der Waals surface area contributed by atoms with E-state index in [0.29, 0.717) is 0 Å². The van der Waals surface area contributed by atoms with Crippen molar-refractivity contribution in [2.75, 3.05) is 13.6 Å². The third kappa shape index (κ3) is 2.95. The summed E-state index contributed by atoms with van der Waals surface area (Å²) >= 11 is 2.55. The van der Waals surface area contributed by atoms with Gasteiger partial charge in [-0.15, -0.1) is 0 Å². The molecule has 1 aromatic carbocycles. The molecule has 0 spiro atoms. The van der Waals surface area contributed by atoms with Crippen LogP contribution in [-0.4, -0.2) is 22.4 Å². The van der Waals surface area contributed by atoms with E-state index in [0.717, 1.165) is 16.4 Å². The molecule has 14 heavy (non-hydrogen) atoms. The summed E-state index contributed by atoms with van der Waals surface area (Å²) in [5.41, 5.74) is 1.42. The number of nitrogens with zero attached hydrogens (tertiary/aromatic N) is 1. The van der Waals surface area contributed by atoms with Crippen LogP contribution < -0.4 is 0 Å². The van der Waals surface area contributed by atoms with Crippen molar-refractivity contribution in [1.29, 1.82) is 0 Å². The molecule has 76 valence electrons. The van der Waals surface area contributed by atoms with E-state index in [-0.39, 0.29) is 0 Å². The third-order valence-corrected chi connectivity index (χ3v) is 4.20. The van der Waals surface area contributed by atoms with Crippen LogP contribution in [0.25, 0.3) is 0 Å². The first kappa shape index (κ1) is 10.4. The van der Waals surface area contributed by atoms with Gasteiger partial charge in [-0.3, -0.25) is 0 Å². The van der Waals surface area contributed by atoms with E-state index in [9.17, 15) is 0 Å². The molecule has 2 heteroatoms. The zero-order valence-electron chi connectivity index (χ0n) is 8.49. The predicted octanol–water partition coefficient (Wildman–Crippen LogP) is 2.94. The second kappa shape index (κ2) is 4.62. The standard InChI is InChI=1S/C12H16IN/c1-14(9-11-7-12(11)13)8-10-5-3-2-4-6-10/h2-6,11-12H,7-9H2,1H3. The van der Waals surface area contributed by atoms with Crippen molar-refractivity contribution >= 4 is 22.6 Å². The van der Waals surface area contributed by atoms with Gasteiger partial charge in [-0.25, -0.2) is 0 Å². The van der Waals surface area contributed by atoms with Gasteiger partial charge < -0.3 is 4.90 Å². The Kier molecular flexibility index (Phi) is 3.44. The summed E-state index contributed by atoms with van der Waals surface area (Å²) in [5.74, 6) is 0.948. The quantitative estimate of drug-likeness (QED) is 0.610. The van der Waals surface area contributed by atoms with E-state index in [1.165, 1.54) is 18.5 Å². The highest BCUT2D eigenvalue weighted by Gasteiger charge is 2.34. The first-order valence-electron chi connectivity index (χ1n) is 5.12. The van der Waals surface area contributed by atoms with Crippen LogP contribution in [0.3, 0.4) is 0 Å². The Morgan fingerprint density at radius 3 is 2.57 bits per heavy atom. The van der Waals surface area contributed by atoms with Gasteiger partial charge in [0.2, 0.25) is 0 Å². The largest absolute Gasteiger partial charge is 0.302 e. The molecule has 0 amide bonds. The number of halogens is 1. The second-order valence-electron chi connectivity index (χ2n) is 4.19. The topological polar surface area (TPSA) is 3.24 Å². The van der Waals surface area contributed by atoms with Crippen molar-refractivity contribution in [3.8, 4) is 0 Å². The summed E-state index contributed by atoms with van der Waals surface area (Å²) in [6.45, 7) is 2.34. The zero-order chi connectivity index (χ0) is 9.97. The van der Waals surface area contributed by atoms with Crippen LogP contribution in [0.5, 0.6) is 0 Å². The number of benzene rings is 1. The fourth-order valence-electron chi connectivity index (χ4n) is 1.76. The fraction of sp³-hybridized carbons (Fsp3) is 0.500. The average Bonchev–Trinajstić information content (AvgIpc) is 2.83. The molecule has 0 bridgehead atoms. The lowest BCUT2D eigenvalue weighted by Gasteiger charge is -2.16. The number of hydrogen-bond acceptors (Lipinski definition) is 1. The summed E-state index contributed by atoms with van der Waals surface area (Å²) < 4.78 is 0.936. The smallest absolute Gasteiger partial charge is 0.0230 e. The zero-order valence-corrected chi connectivity index (χ0v) is 10.6. The van der Waals surface area contributed by atoms with Crippen LogP contribution in [0.1, 0.15) is 12.0 Å². The third-order valence-electron chi connectivity index (χ3n) is 2.68. The van der Waals surface area contributed by atoms with Gasteiger partial charge in [-0.05, 0) is 24.9 Å². The summed E-state index contributed by atoms with van der Waals surface area (Å²) in [6, 6.07) is 10.7. The van der Waals surface area contributed by atoms with E-state index in [2.05, 4.69) is 64.9 Å². The molecule has 1 saturated carbocycles. The molecule has 1 aromatic rings. The molecule has 1 fully saturated rings. The predicted molar refractivity (Wildman–Crippen MR) is 68.7 cm³/mol. The lowest BCUT2D eigenvalue weighted by Crippen LogP contribution is -2.20. The van der Waals surface area contributed by atoms with Gasteiger partial charge in [-0.2, -0.15) is 0 Å². The van der Waals surface area contributed by atoms with E-state index in [1.54, 1.807) is 0 Å². The minimum atomic E-state index is 0.936. The van der Waals surface area contributed by atoms with Crippen LogP contribution in [0.15, 0.2) is 30.3 Å². The van der Waals surface area contributed by atoms with Crippen LogP contribution in [-0.2, 0) is 6.54 Å². The van der Waals surface area contributed by atoms with Crippen molar-refractivity contribution in [3.63, 3.8) is 0 Å².